The van der Waals surface area contributed by atoms with Crippen molar-refractivity contribution in [2.45, 2.75) is 11.1 Å². The van der Waals surface area contributed by atoms with Gasteiger partial charge >= 0.3 is 12.1 Å². The van der Waals surface area contributed by atoms with E-state index in [9.17, 15) is 26.4 Å². The number of benzene rings is 1. The zero-order valence-corrected chi connectivity index (χ0v) is 15.5. The van der Waals surface area contributed by atoms with Crippen LogP contribution in [0.5, 0.6) is 0 Å². The summed E-state index contributed by atoms with van der Waals surface area (Å²) in [5.74, 6) is -0.902. The van der Waals surface area contributed by atoms with Gasteiger partial charge in [0.2, 0.25) is 0 Å². The minimum Gasteiger partial charge on any atom is -0.464 e. The van der Waals surface area contributed by atoms with Crippen molar-refractivity contribution in [2.75, 3.05) is 13.4 Å². The van der Waals surface area contributed by atoms with Crippen LogP contribution in [-0.4, -0.2) is 32.7 Å². The second-order valence-electron chi connectivity index (χ2n) is 5.12. The number of hydrogen-bond acceptors (Lipinski definition) is 5. The fourth-order valence-electron chi connectivity index (χ4n) is 2.11. The number of carbonyl (C=O) groups is 1. The Morgan fingerprint density at radius 2 is 1.77 bits per heavy atom. The third kappa shape index (κ3) is 4.11. The van der Waals surface area contributed by atoms with Crippen LogP contribution in [-0.2, 0) is 20.8 Å². The van der Waals surface area contributed by atoms with E-state index < -0.39 is 37.5 Å². The summed E-state index contributed by atoms with van der Waals surface area (Å²) in [6, 6.07) is 3.51. The molecule has 1 aromatic heterocycles. The van der Waals surface area contributed by atoms with E-state index in [1.807, 2.05) is 0 Å². The standard InChI is InChI=1S/C15H10Cl2F3NO4S/c1-25-14(22)13-8(16)3-4-10(21-13)12-9(17)5-7(15(18,19)20)6-11(12)26(2,23)24/h3-6H,1-2H3. The number of hydrogen-bond donors (Lipinski definition) is 0. The van der Waals surface area contributed by atoms with Crippen molar-refractivity contribution < 1.29 is 31.1 Å². The van der Waals surface area contributed by atoms with E-state index in [2.05, 4.69) is 9.72 Å². The van der Waals surface area contributed by atoms with Crippen molar-refractivity contribution in [3.63, 3.8) is 0 Å². The first-order valence-electron chi connectivity index (χ1n) is 6.72. The van der Waals surface area contributed by atoms with Crippen molar-refractivity contribution >= 4 is 39.0 Å². The molecule has 11 heteroatoms. The maximum absolute atomic E-state index is 13.0. The summed E-state index contributed by atoms with van der Waals surface area (Å²) in [6.07, 6.45) is -4.06. The second-order valence-corrected chi connectivity index (χ2v) is 7.92. The first-order chi connectivity index (χ1) is 11.9. The number of nitrogens with zero attached hydrogens (tertiary/aromatic N) is 1. The number of sulfone groups is 1. The summed E-state index contributed by atoms with van der Waals surface area (Å²) in [5.41, 5.74) is -1.98. The molecule has 0 saturated carbocycles. The molecule has 0 bridgehead atoms. The van der Waals surface area contributed by atoms with Crippen LogP contribution in [0.1, 0.15) is 16.1 Å². The predicted octanol–water partition coefficient (Wildman–Crippen LogP) is 4.26. The highest BCUT2D eigenvalue weighted by Gasteiger charge is 2.34. The van der Waals surface area contributed by atoms with Crippen molar-refractivity contribution in [3.05, 3.63) is 45.6 Å². The summed E-state index contributed by atoms with van der Waals surface area (Å²) in [5, 5.41) is -0.574. The lowest BCUT2D eigenvalue weighted by Crippen LogP contribution is -2.10. The van der Waals surface area contributed by atoms with E-state index in [1.165, 1.54) is 12.1 Å². The van der Waals surface area contributed by atoms with Crippen LogP contribution >= 0.6 is 23.2 Å². The molecule has 0 radical (unpaired) electrons. The molecular formula is C15H10Cl2F3NO4S. The van der Waals surface area contributed by atoms with Gasteiger partial charge in [0.15, 0.2) is 15.5 Å². The van der Waals surface area contributed by atoms with Crippen LogP contribution < -0.4 is 0 Å². The molecule has 1 aromatic carbocycles. The zero-order chi connectivity index (χ0) is 19.9. The number of ether oxygens (including phenoxy) is 1. The molecule has 0 aliphatic carbocycles. The number of aromatic nitrogens is 1. The average molecular weight is 428 g/mol. The minimum absolute atomic E-state index is 0.0791. The molecule has 0 fully saturated rings. The maximum Gasteiger partial charge on any atom is 0.416 e. The summed E-state index contributed by atoms with van der Waals surface area (Å²) in [7, 11) is -3.03. The topological polar surface area (TPSA) is 73.3 Å². The molecular weight excluding hydrogens is 418 g/mol. The summed E-state index contributed by atoms with van der Waals surface area (Å²) >= 11 is 11.8. The number of methoxy groups -OCH3 is 1. The molecule has 1 heterocycles. The van der Waals surface area contributed by atoms with Crippen molar-refractivity contribution in [1.29, 1.82) is 0 Å². The molecule has 0 atom stereocenters. The molecule has 5 nitrogen and oxygen atoms in total. The summed E-state index contributed by atoms with van der Waals surface area (Å²) in [4.78, 5) is 14.9. The number of carbonyl (C=O) groups excluding carboxylic acids is 1. The Kier molecular flexibility index (Phi) is 5.55. The van der Waals surface area contributed by atoms with Gasteiger partial charge in [-0.3, -0.25) is 0 Å². The van der Waals surface area contributed by atoms with E-state index in [1.54, 1.807) is 0 Å². The van der Waals surface area contributed by atoms with Gasteiger partial charge in [-0.05, 0) is 24.3 Å². The van der Waals surface area contributed by atoms with Gasteiger partial charge in [0.05, 0.1) is 33.3 Å². The lowest BCUT2D eigenvalue weighted by Gasteiger charge is -2.15. The Bertz CT molecular complexity index is 991. The Hall–Kier alpha value is -1.84. The molecule has 0 amide bonds. The molecule has 0 saturated heterocycles. The molecule has 0 spiro atoms. The highest BCUT2D eigenvalue weighted by Crippen LogP contribution is 2.40. The number of halogens is 5. The van der Waals surface area contributed by atoms with E-state index in [4.69, 9.17) is 23.2 Å². The van der Waals surface area contributed by atoms with Crippen LogP contribution in [0, 0.1) is 0 Å². The number of pyridine rings is 1. The number of rotatable bonds is 3. The summed E-state index contributed by atoms with van der Waals surface area (Å²) < 4.78 is 67.5. The van der Waals surface area contributed by atoms with E-state index in [-0.39, 0.29) is 22.0 Å². The van der Waals surface area contributed by atoms with Crippen LogP contribution in [0.15, 0.2) is 29.2 Å². The van der Waals surface area contributed by atoms with Gasteiger partial charge in [-0.2, -0.15) is 13.2 Å². The minimum atomic E-state index is -4.80. The molecule has 0 unspecified atom stereocenters. The third-order valence-corrected chi connectivity index (χ3v) is 4.99. The van der Waals surface area contributed by atoms with Crippen LogP contribution in [0.3, 0.4) is 0 Å². The number of esters is 1. The second kappa shape index (κ2) is 7.05. The first-order valence-corrected chi connectivity index (χ1v) is 9.37. The van der Waals surface area contributed by atoms with E-state index in [0.29, 0.717) is 12.1 Å². The molecule has 0 aliphatic rings. The van der Waals surface area contributed by atoms with Gasteiger partial charge in [0, 0.05) is 11.8 Å². The van der Waals surface area contributed by atoms with E-state index in [0.717, 1.165) is 13.4 Å². The van der Waals surface area contributed by atoms with Crippen molar-refractivity contribution in [3.8, 4) is 11.3 Å². The molecule has 0 aliphatic heterocycles. The van der Waals surface area contributed by atoms with Gasteiger partial charge in [-0.15, -0.1) is 0 Å². The van der Waals surface area contributed by atoms with Gasteiger partial charge in [0.1, 0.15) is 0 Å². The molecule has 0 N–H and O–H groups in total. The lowest BCUT2D eigenvalue weighted by atomic mass is 10.1. The fraction of sp³-hybridized carbons (Fsp3) is 0.200. The van der Waals surface area contributed by atoms with Gasteiger partial charge in [-0.25, -0.2) is 18.2 Å². The van der Waals surface area contributed by atoms with Crippen molar-refractivity contribution in [1.82, 2.24) is 4.98 Å². The SMILES string of the molecule is COC(=O)c1nc(-c2c(Cl)cc(C(F)(F)F)cc2S(C)(=O)=O)ccc1Cl. The molecule has 2 aromatic rings. The van der Waals surface area contributed by atoms with E-state index >= 15 is 0 Å². The van der Waals surface area contributed by atoms with Gasteiger partial charge in [-0.1, -0.05) is 23.2 Å². The largest absolute Gasteiger partial charge is 0.464 e. The van der Waals surface area contributed by atoms with Crippen LogP contribution in [0.2, 0.25) is 10.0 Å². The van der Waals surface area contributed by atoms with Crippen molar-refractivity contribution in [2.24, 2.45) is 0 Å². The van der Waals surface area contributed by atoms with Gasteiger partial charge < -0.3 is 4.74 Å². The Balaban J connectivity index is 2.84. The zero-order valence-electron chi connectivity index (χ0n) is 13.2. The molecule has 26 heavy (non-hydrogen) atoms. The average Bonchev–Trinajstić information content (AvgIpc) is 2.52. The van der Waals surface area contributed by atoms with Crippen LogP contribution in [0.25, 0.3) is 11.3 Å². The van der Waals surface area contributed by atoms with Crippen LogP contribution in [0.4, 0.5) is 13.2 Å². The third-order valence-electron chi connectivity index (χ3n) is 3.26. The molecule has 140 valence electrons. The Labute approximate surface area is 156 Å². The smallest absolute Gasteiger partial charge is 0.416 e. The quantitative estimate of drug-likeness (QED) is 0.683. The lowest BCUT2D eigenvalue weighted by molar-refractivity contribution is -0.137. The molecule has 2 rings (SSSR count). The highest BCUT2D eigenvalue weighted by atomic mass is 35.5. The fourth-order valence-corrected chi connectivity index (χ4v) is 3.59. The summed E-state index contributed by atoms with van der Waals surface area (Å²) in [6.45, 7) is 0. The normalized spacial score (nSPS) is 12.1. The number of alkyl halides is 3. The van der Waals surface area contributed by atoms with Gasteiger partial charge in [0.25, 0.3) is 0 Å². The highest BCUT2D eigenvalue weighted by molar-refractivity contribution is 7.90. The first kappa shape index (κ1) is 20.5. The maximum atomic E-state index is 13.0. The Morgan fingerprint density at radius 1 is 1.15 bits per heavy atom. The Morgan fingerprint density at radius 3 is 2.27 bits per heavy atom. The predicted molar refractivity (Wildman–Crippen MR) is 89.1 cm³/mol. The monoisotopic (exact) mass is 427 g/mol.